The number of ether oxygens (including phenoxy) is 1. The second-order valence-electron chi connectivity index (χ2n) is 3.12. The van der Waals surface area contributed by atoms with Crippen molar-refractivity contribution < 1.29 is 19.4 Å². The average molecular weight is 243 g/mol. The molecule has 0 saturated carbocycles. The summed E-state index contributed by atoms with van der Waals surface area (Å²) in [6.07, 6.45) is -0.922. The number of carboxylic acid groups (broad SMARTS) is 1. The third-order valence-electron chi connectivity index (χ3n) is 1.99. The van der Waals surface area contributed by atoms with Crippen molar-refractivity contribution in [1.29, 1.82) is 0 Å². The van der Waals surface area contributed by atoms with Crippen LogP contribution in [0.25, 0.3) is 0 Å². The van der Waals surface area contributed by atoms with Crippen LogP contribution < -0.4 is 0 Å². The summed E-state index contributed by atoms with van der Waals surface area (Å²) >= 11 is 5.78. The lowest BCUT2D eigenvalue weighted by atomic mass is 10.2. The SMILES string of the molecule is CCC(OC(=O)c1ccccc1Cl)C(=O)O. The van der Waals surface area contributed by atoms with Crippen LogP contribution in [0.2, 0.25) is 5.02 Å². The molecule has 0 aliphatic heterocycles. The molecule has 4 nitrogen and oxygen atoms in total. The summed E-state index contributed by atoms with van der Waals surface area (Å²) < 4.78 is 4.81. The minimum absolute atomic E-state index is 0.170. The highest BCUT2D eigenvalue weighted by Crippen LogP contribution is 2.17. The van der Waals surface area contributed by atoms with Crippen molar-refractivity contribution >= 4 is 23.5 Å². The van der Waals surface area contributed by atoms with Gasteiger partial charge >= 0.3 is 11.9 Å². The monoisotopic (exact) mass is 242 g/mol. The molecule has 0 spiro atoms. The third kappa shape index (κ3) is 2.97. The van der Waals surface area contributed by atoms with E-state index in [0.29, 0.717) is 0 Å². The second-order valence-corrected chi connectivity index (χ2v) is 3.53. The van der Waals surface area contributed by atoms with Crippen molar-refractivity contribution in [3.8, 4) is 0 Å². The highest BCUT2D eigenvalue weighted by Gasteiger charge is 2.21. The maximum absolute atomic E-state index is 11.6. The van der Waals surface area contributed by atoms with E-state index in [-0.39, 0.29) is 17.0 Å². The summed E-state index contributed by atoms with van der Waals surface area (Å²) in [7, 11) is 0. The predicted octanol–water partition coefficient (Wildman–Crippen LogP) is 2.36. The first-order valence-corrected chi connectivity index (χ1v) is 5.12. The van der Waals surface area contributed by atoms with E-state index in [1.807, 2.05) is 0 Å². The number of aliphatic carboxylic acids is 1. The van der Waals surface area contributed by atoms with Crippen LogP contribution >= 0.6 is 11.6 Å². The van der Waals surface area contributed by atoms with Crippen molar-refractivity contribution in [2.75, 3.05) is 0 Å². The summed E-state index contributed by atoms with van der Waals surface area (Å²) in [5, 5.41) is 8.97. The number of halogens is 1. The number of carboxylic acids is 1. The fourth-order valence-electron chi connectivity index (χ4n) is 1.13. The Morgan fingerprint density at radius 2 is 2.06 bits per heavy atom. The molecular formula is C11H11ClO4. The van der Waals surface area contributed by atoms with Gasteiger partial charge in [-0.05, 0) is 18.6 Å². The van der Waals surface area contributed by atoms with Crippen LogP contribution in [-0.2, 0) is 9.53 Å². The predicted molar refractivity (Wildman–Crippen MR) is 58.6 cm³/mol. The standard InChI is InChI=1S/C11H11ClO4/c1-2-9(10(13)14)16-11(15)7-5-3-4-6-8(7)12/h3-6,9H,2H2,1H3,(H,13,14). The molecule has 1 atom stereocenters. The van der Waals surface area contributed by atoms with Crippen LogP contribution in [0.1, 0.15) is 23.7 Å². The minimum atomic E-state index is -1.16. The summed E-state index contributed by atoms with van der Waals surface area (Å²) in [6, 6.07) is 6.33. The first-order chi connectivity index (χ1) is 7.56. The number of benzene rings is 1. The molecule has 0 bridgehead atoms. The molecule has 0 aromatic heterocycles. The van der Waals surface area contributed by atoms with E-state index in [1.165, 1.54) is 6.07 Å². The second kappa shape index (κ2) is 5.51. The lowest BCUT2D eigenvalue weighted by Gasteiger charge is -2.11. The largest absolute Gasteiger partial charge is 0.479 e. The Morgan fingerprint density at radius 3 is 2.56 bits per heavy atom. The Labute approximate surface area is 97.8 Å². The van der Waals surface area contributed by atoms with E-state index in [4.69, 9.17) is 21.4 Å². The molecule has 1 unspecified atom stereocenters. The zero-order valence-corrected chi connectivity index (χ0v) is 9.40. The smallest absolute Gasteiger partial charge is 0.345 e. The van der Waals surface area contributed by atoms with Crippen molar-refractivity contribution in [3.05, 3.63) is 34.9 Å². The van der Waals surface area contributed by atoms with Crippen LogP contribution in [0.3, 0.4) is 0 Å². The molecule has 86 valence electrons. The molecule has 5 heteroatoms. The number of carbonyl (C=O) groups is 2. The van der Waals surface area contributed by atoms with Gasteiger partial charge in [0.05, 0.1) is 10.6 Å². The van der Waals surface area contributed by atoms with Crippen molar-refractivity contribution in [2.24, 2.45) is 0 Å². The third-order valence-corrected chi connectivity index (χ3v) is 2.32. The molecule has 1 rings (SSSR count). The molecule has 0 aliphatic carbocycles. The molecule has 0 amide bonds. The number of esters is 1. The first kappa shape index (κ1) is 12.5. The van der Waals surface area contributed by atoms with Crippen molar-refractivity contribution in [1.82, 2.24) is 0 Å². The van der Waals surface area contributed by atoms with Crippen LogP contribution in [-0.4, -0.2) is 23.1 Å². The van der Waals surface area contributed by atoms with Gasteiger partial charge in [-0.25, -0.2) is 9.59 Å². The first-order valence-electron chi connectivity index (χ1n) is 4.74. The van der Waals surface area contributed by atoms with Gasteiger partial charge < -0.3 is 9.84 Å². The normalized spacial score (nSPS) is 11.9. The van der Waals surface area contributed by atoms with Crippen LogP contribution in [0.5, 0.6) is 0 Å². The van der Waals surface area contributed by atoms with E-state index in [1.54, 1.807) is 25.1 Å². The lowest BCUT2D eigenvalue weighted by Crippen LogP contribution is -2.26. The molecule has 1 aromatic carbocycles. The highest BCUT2D eigenvalue weighted by atomic mass is 35.5. The van der Waals surface area contributed by atoms with Crippen molar-refractivity contribution in [3.63, 3.8) is 0 Å². The Kier molecular flexibility index (Phi) is 4.31. The minimum Gasteiger partial charge on any atom is -0.479 e. The van der Waals surface area contributed by atoms with Crippen LogP contribution in [0, 0.1) is 0 Å². The van der Waals surface area contributed by atoms with Crippen LogP contribution in [0.15, 0.2) is 24.3 Å². The molecule has 0 saturated heterocycles. The van der Waals surface area contributed by atoms with E-state index in [2.05, 4.69) is 0 Å². The van der Waals surface area contributed by atoms with Gasteiger partial charge in [0.1, 0.15) is 0 Å². The van der Waals surface area contributed by atoms with E-state index >= 15 is 0 Å². The Bertz CT molecular complexity index is 403. The van der Waals surface area contributed by atoms with Gasteiger partial charge in [-0.1, -0.05) is 30.7 Å². The van der Waals surface area contributed by atoms with Gasteiger partial charge in [0.25, 0.3) is 0 Å². The average Bonchev–Trinajstić information content (AvgIpc) is 2.25. The maximum atomic E-state index is 11.6. The lowest BCUT2D eigenvalue weighted by molar-refractivity contribution is -0.147. The highest BCUT2D eigenvalue weighted by molar-refractivity contribution is 6.33. The van der Waals surface area contributed by atoms with Gasteiger partial charge in [0.15, 0.2) is 6.10 Å². The summed E-state index contributed by atoms with van der Waals surface area (Å²) in [5.74, 6) is -1.89. The number of hydrogen-bond donors (Lipinski definition) is 1. The Balaban J connectivity index is 2.80. The van der Waals surface area contributed by atoms with E-state index < -0.39 is 18.0 Å². The molecule has 1 aromatic rings. The zero-order chi connectivity index (χ0) is 12.1. The molecular weight excluding hydrogens is 232 g/mol. The molecule has 0 heterocycles. The number of rotatable bonds is 4. The maximum Gasteiger partial charge on any atom is 0.345 e. The molecule has 0 fully saturated rings. The fraction of sp³-hybridized carbons (Fsp3) is 0.273. The van der Waals surface area contributed by atoms with E-state index in [0.717, 1.165) is 0 Å². The molecule has 1 N–H and O–H groups in total. The number of hydrogen-bond acceptors (Lipinski definition) is 3. The van der Waals surface area contributed by atoms with Gasteiger partial charge in [0, 0.05) is 0 Å². The Morgan fingerprint density at radius 1 is 1.44 bits per heavy atom. The Hall–Kier alpha value is -1.55. The summed E-state index contributed by atoms with van der Waals surface area (Å²) in [6.45, 7) is 1.62. The van der Waals surface area contributed by atoms with Gasteiger partial charge in [-0.15, -0.1) is 0 Å². The van der Waals surface area contributed by atoms with Gasteiger partial charge in [0.2, 0.25) is 0 Å². The molecule has 0 radical (unpaired) electrons. The fourth-order valence-corrected chi connectivity index (χ4v) is 1.34. The van der Waals surface area contributed by atoms with Crippen molar-refractivity contribution in [2.45, 2.75) is 19.4 Å². The summed E-state index contributed by atoms with van der Waals surface area (Å²) in [4.78, 5) is 22.2. The molecule has 16 heavy (non-hydrogen) atoms. The van der Waals surface area contributed by atoms with Gasteiger partial charge in [-0.2, -0.15) is 0 Å². The van der Waals surface area contributed by atoms with Crippen LogP contribution in [0.4, 0.5) is 0 Å². The summed E-state index contributed by atoms with van der Waals surface area (Å²) in [5.41, 5.74) is 0.170. The quantitative estimate of drug-likeness (QED) is 0.824. The van der Waals surface area contributed by atoms with E-state index in [9.17, 15) is 9.59 Å². The van der Waals surface area contributed by atoms with Gasteiger partial charge in [-0.3, -0.25) is 0 Å². The zero-order valence-electron chi connectivity index (χ0n) is 8.64. The topological polar surface area (TPSA) is 63.6 Å². The molecule has 0 aliphatic rings. The number of carbonyl (C=O) groups excluding carboxylic acids is 1.